The highest BCUT2D eigenvalue weighted by molar-refractivity contribution is 6.04. The number of hydrogen-bond acceptors (Lipinski definition) is 4. The number of carbonyl (C=O) groups excluding carboxylic acids is 1. The highest BCUT2D eigenvalue weighted by Crippen LogP contribution is 2.39. The van der Waals surface area contributed by atoms with Crippen molar-refractivity contribution in [3.63, 3.8) is 0 Å². The highest BCUT2D eigenvalue weighted by atomic mass is 16.5. The van der Waals surface area contributed by atoms with Gasteiger partial charge >= 0.3 is 0 Å². The summed E-state index contributed by atoms with van der Waals surface area (Å²) in [4.78, 5) is 21.9. The van der Waals surface area contributed by atoms with Gasteiger partial charge in [0.2, 0.25) is 5.91 Å². The molecule has 29 heavy (non-hydrogen) atoms. The molecule has 2 heterocycles. The first-order valence-corrected chi connectivity index (χ1v) is 10.4. The van der Waals surface area contributed by atoms with Crippen LogP contribution in [0.5, 0.6) is 11.5 Å². The molecule has 5 nitrogen and oxygen atoms in total. The minimum absolute atomic E-state index is 0.0195. The van der Waals surface area contributed by atoms with Crippen LogP contribution in [-0.2, 0) is 4.79 Å². The van der Waals surface area contributed by atoms with Crippen LogP contribution in [-0.4, -0.2) is 47.2 Å². The molecule has 2 aromatic carbocycles. The average molecular weight is 392 g/mol. The van der Waals surface area contributed by atoms with Gasteiger partial charge in [0.1, 0.15) is 17.3 Å². The van der Waals surface area contributed by atoms with E-state index in [-0.39, 0.29) is 17.9 Å². The SMILES string of the molecule is Cc1ccc2c(c1)Oc1ccc(C)cc1C(N1CCN(C(=O)C(C)C)[C@H](C)C1)=N2. The van der Waals surface area contributed by atoms with Gasteiger partial charge in [-0.3, -0.25) is 4.79 Å². The number of benzene rings is 2. The monoisotopic (exact) mass is 391 g/mol. The van der Waals surface area contributed by atoms with Gasteiger partial charge in [-0.25, -0.2) is 4.99 Å². The van der Waals surface area contributed by atoms with Gasteiger partial charge in [-0.15, -0.1) is 0 Å². The molecule has 0 aliphatic carbocycles. The second-order valence-corrected chi connectivity index (χ2v) is 8.49. The Morgan fingerprint density at radius 1 is 1.07 bits per heavy atom. The Balaban J connectivity index is 1.73. The zero-order valence-electron chi connectivity index (χ0n) is 17.9. The number of fused-ring (bicyclic) bond motifs is 2. The second-order valence-electron chi connectivity index (χ2n) is 8.49. The van der Waals surface area contributed by atoms with Gasteiger partial charge in [0.05, 0.1) is 5.56 Å². The Morgan fingerprint density at radius 2 is 1.79 bits per heavy atom. The van der Waals surface area contributed by atoms with Crippen LogP contribution in [0.25, 0.3) is 0 Å². The Labute approximate surface area is 173 Å². The largest absolute Gasteiger partial charge is 0.454 e. The fourth-order valence-corrected chi connectivity index (χ4v) is 4.05. The molecule has 2 aliphatic rings. The van der Waals surface area contributed by atoms with E-state index in [0.717, 1.165) is 47.2 Å². The Kier molecular flexibility index (Phi) is 5.07. The van der Waals surface area contributed by atoms with Gasteiger partial charge in [0, 0.05) is 31.6 Å². The number of carbonyl (C=O) groups is 1. The van der Waals surface area contributed by atoms with Crippen molar-refractivity contribution in [3.05, 3.63) is 53.1 Å². The summed E-state index contributed by atoms with van der Waals surface area (Å²) in [5, 5.41) is 0. The van der Waals surface area contributed by atoms with Crippen LogP contribution in [0.2, 0.25) is 0 Å². The molecule has 2 aromatic rings. The molecule has 152 valence electrons. The molecular weight excluding hydrogens is 362 g/mol. The van der Waals surface area contributed by atoms with E-state index >= 15 is 0 Å². The fourth-order valence-electron chi connectivity index (χ4n) is 4.05. The Bertz CT molecular complexity index is 980. The molecule has 5 heteroatoms. The number of rotatable bonds is 1. The zero-order valence-corrected chi connectivity index (χ0v) is 17.9. The summed E-state index contributed by atoms with van der Waals surface area (Å²) in [5.41, 5.74) is 4.16. The van der Waals surface area contributed by atoms with Crippen LogP contribution >= 0.6 is 0 Å². The first kappa shape index (κ1) is 19.5. The van der Waals surface area contributed by atoms with E-state index in [4.69, 9.17) is 9.73 Å². The van der Waals surface area contributed by atoms with E-state index in [9.17, 15) is 4.79 Å². The maximum atomic E-state index is 12.5. The minimum Gasteiger partial charge on any atom is -0.454 e. The highest BCUT2D eigenvalue weighted by Gasteiger charge is 2.32. The van der Waals surface area contributed by atoms with E-state index in [1.54, 1.807) is 0 Å². The van der Waals surface area contributed by atoms with Crippen molar-refractivity contribution in [2.75, 3.05) is 19.6 Å². The number of aliphatic imine (C=N–C) groups is 1. The molecule has 0 N–H and O–H groups in total. The summed E-state index contributed by atoms with van der Waals surface area (Å²) in [6, 6.07) is 12.5. The van der Waals surface area contributed by atoms with E-state index < -0.39 is 0 Å². The van der Waals surface area contributed by atoms with Gasteiger partial charge in [-0.05, 0) is 50.6 Å². The third-order valence-corrected chi connectivity index (χ3v) is 5.64. The maximum absolute atomic E-state index is 12.5. The minimum atomic E-state index is 0.0195. The molecule has 0 aromatic heterocycles. The predicted molar refractivity (Wildman–Crippen MR) is 116 cm³/mol. The quantitative estimate of drug-likeness (QED) is 0.709. The number of amidine groups is 1. The van der Waals surface area contributed by atoms with E-state index in [0.29, 0.717) is 6.54 Å². The van der Waals surface area contributed by atoms with Crippen LogP contribution in [0.15, 0.2) is 41.4 Å². The van der Waals surface area contributed by atoms with Crippen molar-refractivity contribution in [3.8, 4) is 11.5 Å². The van der Waals surface area contributed by atoms with Crippen LogP contribution in [0.3, 0.4) is 0 Å². The van der Waals surface area contributed by atoms with Crippen molar-refractivity contribution < 1.29 is 9.53 Å². The number of hydrogen-bond donors (Lipinski definition) is 0. The molecule has 1 fully saturated rings. The average Bonchev–Trinajstić information content (AvgIpc) is 2.83. The molecule has 0 saturated carbocycles. The molecule has 0 bridgehead atoms. The smallest absolute Gasteiger partial charge is 0.225 e. The number of piperazine rings is 1. The van der Waals surface area contributed by atoms with Gasteiger partial charge in [-0.2, -0.15) is 0 Å². The number of aryl methyl sites for hydroxylation is 2. The maximum Gasteiger partial charge on any atom is 0.225 e. The third-order valence-electron chi connectivity index (χ3n) is 5.64. The Morgan fingerprint density at radius 3 is 2.52 bits per heavy atom. The lowest BCUT2D eigenvalue weighted by Gasteiger charge is -2.42. The lowest BCUT2D eigenvalue weighted by molar-refractivity contribution is -0.138. The topological polar surface area (TPSA) is 45.1 Å². The van der Waals surface area contributed by atoms with E-state index in [1.807, 2.05) is 36.9 Å². The summed E-state index contributed by atoms with van der Waals surface area (Å²) in [5.74, 6) is 2.78. The molecule has 1 saturated heterocycles. The predicted octanol–water partition coefficient (Wildman–Crippen LogP) is 4.68. The number of ether oxygens (including phenoxy) is 1. The molecule has 2 aliphatic heterocycles. The summed E-state index contributed by atoms with van der Waals surface area (Å²) in [6.07, 6.45) is 0. The van der Waals surface area contributed by atoms with Gasteiger partial charge in [0.15, 0.2) is 5.75 Å². The molecular formula is C24H29N3O2. The number of amides is 1. The molecule has 0 spiro atoms. The van der Waals surface area contributed by atoms with Crippen LogP contribution < -0.4 is 4.74 Å². The summed E-state index contributed by atoms with van der Waals surface area (Å²) in [6.45, 7) is 12.4. The van der Waals surface area contributed by atoms with Gasteiger partial charge in [0.25, 0.3) is 0 Å². The van der Waals surface area contributed by atoms with Crippen LogP contribution in [0.4, 0.5) is 5.69 Å². The molecule has 1 atom stereocenters. The summed E-state index contributed by atoms with van der Waals surface area (Å²) in [7, 11) is 0. The van der Waals surface area contributed by atoms with Crippen molar-refractivity contribution in [2.24, 2.45) is 10.9 Å². The normalized spacial score (nSPS) is 18.6. The summed E-state index contributed by atoms with van der Waals surface area (Å²) >= 11 is 0. The Hall–Kier alpha value is -2.82. The van der Waals surface area contributed by atoms with E-state index in [2.05, 4.69) is 43.9 Å². The fraction of sp³-hybridized carbons (Fsp3) is 0.417. The van der Waals surface area contributed by atoms with Crippen LogP contribution in [0, 0.1) is 19.8 Å². The second kappa shape index (κ2) is 7.54. The molecule has 0 radical (unpaired) electrons. The first-order chi connectivity index (χ1) is 13.8. The van der Waals surface area contributed by atoms with Crippen LogP contribution in [0.1, 0.15) is 37.5 Å². The first-order valence-electron chi connectivity index (χ1n) is 10.4. The molecule has 4 rings (SSSR count). The number of nitrogens with zero attached hydrogens (tertiary/aromatic N) is 3. The zero-order chi connectivity index (χ0) is 20.7. The van der Waals surface area contributed by atoms with E-state index in [1.165, 1.54) is 5.56 Å². The van der Waals surface area contributed by atoms with Gasteiger partial charge in [-0.1, -0.05) is 31.5 Å². The van der Waals surface area contributed by atoms with Crippen molar-refractivity contribution in [1.82, 2.24) is 9.80 Å². The lowest BCUT2D eigenvalue weighted by Crippen LogP contribution is -2.56. The molecule has 0 unspecified atom stereocenters. The lowest BCUT2D eigenvalue weighted by atomic mass is 10.1. The molecule has 1 amide bonds. The van der Waals surface area contributed by atoms with Crippen molar-refractivity contribution in [2.45, 2.75) is 40.7 Å². The van der Waals surface area contributed by atoms with Gasteiger partial charge < -0.3 is 14.5 Å². The third kappa shape index (κ3) is 3.74. The summed E-state index contributed by atoms with van der Waals surface area (Å²) < 4.78 is 6.27. The van der Waals surface area contributed by atoms with Crippen molar-refractivity contribution in [1.29, 1.82) is 0 Å². The van der Waals surface area contributed by atoms with Crippen molar-refractivity contribution >= 4 is 17.4 Å². The standard InChI is InChI=1S/C24H29N3O2/c1-15(2)24(28)27-11-10-26(14-18(27)5)23-19-12-16(3)7-9-21(19)29-22-13-17(4)6-8-20(22)25-23/h6-9,12-13,15,18H,10-11,14H2,1-5H3/t18-/m1/s1.